The van der Waals surface area contributed by atoms with Gasteiger partial charge >= 0.3 is 0 Å². The first-order valence-electron chi connectivity index (χ1n) is 9.78. The zero-order valence-corrected chi connectivity index (χ0v) is 16.6. The van der Waals surface area contributed by atoms with E-state index in [4.69, 9.17) is 5.73 Å². The molecule has 0 saturated carbocycles. The molecule has 1 fully saturated rings. The van der Waals surface area contributed by atoms with Gasteiger partial charge in [-0.05, 0) is 24.3 Å². The minimum absolute atomic E-state index is 0.00562. The van der Waals surface area contributed by atoms with Crippen LogP contribution in [0.2, 0.25) is 0 Å². The summed E-state index contributed by atoms with van der Waals surface area (Å²) in [6, 6.07) is 7.73. The Morgan fingerprint density at radius 3 is 2.77 bits per heavy atom. The Balaban J connectivity index is 1.39. The molecule has 2 N–H and O–H groups in total. The van der Waals surface area contributed by atoms with Crippen molar-refractivity contribution in [3.8, 4) is 11.3 Å². The highest BCUT2D eigenvalue weighted by atomic mass is 16.1. The third kappa shape index (κ3) is 3.42. The molecule has 5 heterocycles. The first kappa shape index (κ1) is 18.4. The number of pyridine rings is 3. The van der Waals surface area contributed by atoms with E-state index in [1.165, 1.54) is 0 Å². The first-order valence-corrected chi connectivity index (χ1v) is 9.78. The van der Waals surface area contributed by atoms with E-state index in [1.54, 1.807) is 31.0 Å². The third-order valence-corrected chi connectivity index (χ3v) is 5.38. The van der Waals surface area contributed by atoms with E-state index in [0.29, 0.717) is 11.3 Å². The number of aromatic nitrogens is 5. The van der Waals surface area contributed by atoms with Gasteiger partial charge in [-0.15, -0.1) is 0 Å². The Kier molecular flexibility index (Phi) is 4.48. The fraction of sp³-hybridized carbons (Fsp3) is 0.227. The number of anilines is 1. The van der Waals surface area contributed by atoms with Crippen molar-refractivity contribution >= 4 is 22.5 Å². The predicted molar refractivity (Wildman–Crippen MR) is 114 cm³/mol. The molecule has 8 heteroatoms. The van der Waals surface area contributed by atoms with Crippen LogP contribution >= 0.6 is 0 Å². The van der Waals surface area contributed by atoms with Gasteiger partial charge < -0.3 is 15.2 Å². The number of hydrogen-bond acceptors (Lipinski definition) is 7. The maximum Gasteiger partial charge on any atom is 0.169 e. The average Bonchev–Trinajstić information content (AvgIpc) is 3.17. The van der Waals surface area contributed by atoms with Crippen molar-refractivity contribution in [1.82, 2.24) is 24.5 Å². The van der Waals surface area contributed by atoms with Crippen LogP contribution in [-0.2, 0) is 13.5 Å². The number of rotatable bonds is 5. The number of hydrogen-bond donors (Lipinski definition) is 1. The monoisotopic (exact) mass is 399 g/mol. The molecule has 0 amide bonds. The summed E-state index contributed by atoms with van der Waals surface area (Å²) in [5, 5.41) is 0.941. The molecule has 0 aliphatic carbocycles. The van der Waals surface area contributed by atoms with Gasteiger partial charge in [-0.3, -0.25) is 14.8 Å². The molecule has 30 heavy (non-hydrogen) atoms. The lowest BCUT2D eigenvalue weighted by Crippen LogP contribution is -2.56. The van der Waals surface area contributed by atoms with E-state index in [1.807, 2.05) is 36.0 Å². The van der Waals surface area contributed by atoms with Crippen LogP contribution in [0.1, 0.15) is 16.1 Å². The minimum Gasteiger partial charge on any atom is -0.353 e. The van der Waals surface area contributed by atoms with E-state index >= 15 is 0 Å². The summed E-state index contributed by atoms with van der Waals surface area (Å²) >= 11 is 0. The number of aryl methyl sites for hydroxylation is 1. The molecule has 0 aromatic carbocycles. The number of carbonyl (C=O) groups is 1. The highest BCUT2D eigenvalue weighted by Gasteiger charge is 2.24. The summed E-state index contributed by atoms with van der Waals surface area (Å²) in [6.45, 7) is 1.53. The van der Waals surface area contributed by atoms with Crippen LogP contribution in [0.3, 0.4) is 0 Å². The fourth-order valence-electron chi connectivity index (χ4n) is 3.68. The van der Waals surface area contributed by atoms with Crippen molar-refractivity contribution in [2.24, 2.45) is 12.8 Å². The lowest BCUT2D eigenvalue weighted by atomic mass is 10.0. The fourth-order valence-corrected chi connectivity index (χ4v) is 3.68. The average molecular weight is 399 g/mol. The van der Waals surface area contributed by atoms with Gasteiger partial charge in [0.05, 0.1) is 36.4 Å². The van der Waals surface area contributed by atoms with E-state index in [9.17, 15) is 4.79 Å². The summed E-state index contributed by atoms with van der Waals surface area (Å²) in [5.41, 5.74) is 9.92. The maximum atomic E-state index is 12.9. The van der Waals surface area contributed by atoms with Gasteiger partial charge in [-0.1, -0.05) is 0 Å². The Bertz CT molecular complexity index is 1240. The number of carbonyl (C=O) groups excluding carboxylic acids is 1. The molecule has 0 unspecified atom stereocenters. The number of nitrogens with zero attached hydrogens (tertiary/aromatic N) is 6. The Hall–Kier alpha value is -3.65. The van der Waals surface area contributed by atoms with Gasteiger partial charge in [-0.2, -0.15) is 0 Å². The van der Waals surface area contributed by atoms with Gasteiger partial charge in [0, 0.05) is 60.8 Å². The number of imidazole rings is 1. The van der Waals surface area contributed by atoms with Crippen LogP contribution in [0, 0.1) is 0 Å². The molecule has 0 spiro atoms. The van der Waals surface area contributed by atoms with Crippen molar-refractivity contribution in [1.29, 1.82) is 0 Å². The van der Waals surface area contributed by atoms with Crippen LogP contribution in [0.4, 0.5) is 5.82 Å². The largest absolute Gasteiger partial charge is 0.353 e. The van der Waals surface area contributed by atoms with Crippen LogP contribution in [0.25, 0.3) is 22.2 Å². The van der Waals surface area contributed by atoms with Crippen molar-refractivity contribution in [2.45, 2.75) is 12.5 Å². The second-order valence-electron chi connectivity index (χ2n) is 7.65. The quantitative estimate of drug-likeness (QED) is 0.512. The zero-order chi connectivity index (χ0) is 20.7. The third-order valence-electron chi connectivity index (χ3n) is 5.38. The topological polar surface area (TPSA) is 103 Å². The Labute approximate surface area is 173 Å². The van der Waals surface area contributed by atoms with Crippen LogP contribution < -0.4 is 10.6 Å². The van der Waals surface area contributed by atoms with Crippen LogP contribution in [-0.4, -0.2) is 49.4 Å². The Morgan fingerprint density at radius 1 is 1.13 bits per heavy atom. The summed E-state index contributed by atoms with van der Waals surface area (Å²) in [5.74, 6) is 0.796. The molecule has 4 aromatic rings. The number of Topliss-reactive ketones (excluding diaryl/α,β-unsaturated/α-hetero) is 1. The van der Waals surface area contributed by atoms with E-state index in [-0.39, 0.29) is 18.2 Å². The van der Waals surface area contributed by atoms with Crippen LogP contribution in [0.5, 0.6) is 0 Å². The second kappa shape index (κ2) is 7.31. The number of fused-ring (bicyclic) bond motifs is 1. The normalized spacial score (nSPS) is 14.1. The summed E-state index contributed by atoms with van der Waals surface area (Å²) in [4.78, 5) is 32.4. The molecule has 0 atom stereocenters. The molecule has 1 aliphatic rings. The van der Waals surface area contributed by atoms with E-state index in [2.05, 4.69) is 24.8 Å². The van der Waals surface area contributed by atoms with Gasteiger partial charge in [0.1, 0.15) is 5.82 Å². The summed E-state index contributed by atoms with van der Waals surface area (Å²) in [6.07, 6.45) is 8.98. The first-order chi connectivity index (χ1) is 14.6. The molecule has 4 aromatic heterocycles. The van der Waals surface area contributed by atoms with Gasteiger partial charge in [0.15, 0.2) is 5.78 Å². The minimum atomic E-state index is 0.00562. The SMILES string of the molecule is Cn1cncc1-c1cnc2cnc(CC(=O)c3ccnc(N4CC(N)C4)c3)cc2c1. The van der Waals surface area contributed by atoms with Gasteiger partial charge in [0.2, 0.25) is 0 Å². The van der Waals surface area contributed by atoms with E-state index in [0.717, 1.165) is 41.1 Å². The molecular weight excluding hydrogens is 378 g/mol. The number of ketones is 1. The van der Waals surface area contributed by atoms with Crippen LogP contribution in [0.15, 0.2) is 55.4 Å². The molecule has 5 rings (SSSR count). The lowest BCUT2D eigenvalue weighted by molar-refractivity contribution is 0.0992. The molecule has 0 bridgehead atoms. The van der Waals surface area contributed by atoms with E-state index < -0.39 is 0 Å². The highest BCUT2D eigenvalue weighted by molar-refractivity contribution is 5.98. The smallest absolute Gasteiger partial charge is 0.169 e. The highest BCUT2D eigenvalue weighted by Crippen LogP contribution is 2.23. The van der Waals surface area contributed by atoms with Crippen molar-refractivity contribution in [3.05, 3.63) is 66.6 Å². The van der Waals surface area contributed by atoms with Gasteiger partial charge in [-0.25, -0.2) is 9.97 Å². The summed E-state index contributed by atoms with van der Waals surface area (Å²) < 4.78 is 1.94. The molecule has 8 nitrogen and oxygen atoms in total. The molecule has 150 valence electrons. The van der Waals surface area contributed by atoms with Gasteiger partial charge in [0.25, 0.3) is 0 Å². The second-order valence-corrected chi connectivity index (χ2v) is 7.65. The maximum absolute atomic E-state index is 12.9. The number of nitrogens with two attached hydrogens (primary N) is 1. The summed E-state index contributed by atoms with van der Waals surface area (Å²) in [7, 11) is 1.94. The molecule has 1 aliphatic heterocycles. The Morgan fingerprint density at radius 2 is 2.00 bits per heavy atom. The van der Waals surface area contributed by atoms with Crippen molar-refractivity contribution in [2.75, 3.05) is 18.0 Å². The standard InChI is InChI=1S/C22H21N7O/c1-28-13-24-10-20(28)16-4-15-5-18(26-9-19(15)27-8-16)7-21(30)14-2-3-25-22(6-14)29-11-17(23)12-29/h2-6,8-10,13,17H,7,11-12,23H2,1H3. The lowest BCUT2D eigenvalue weighted by Gasteiger charge is -2.37. The molecular formula is C22H21N7O. The van der Waals surface area contributed by atoms with Crippen molar-refractivity contribution < 1.29 is 4.79 Å². The molecule has 1 saturated heterocycles. The predicted octanol–water partition coefficient (Wildman–Crippen LogP) is 2.00. The van der Waals surface area contributed by atoms with Crippen molar-refractivity contribution in [3.63, 3.8) is 0 Å². The zero-order valence-electron chi connectivity index (χ0n) is 16.6. The molecule has 0 radical (unpaired) electrons.